The van der Waals surface area contributed by atoms with Crippen molar-refractivity contribution in [2.45, 2.75) is 19.5 Å². The Balaban J connectivity index is 1.61. The maximum Gasteiger partial charge on any atom is 0.392 e. The summed E-state index contributed by atoms with van der Waals surface area (Å²) in [5.74, 6) is -1.07. The fourth-order valence-electron chi connectivity index (χ4n) is 2.61. The van der Waals surface area contributed by atoms with E-state index < -0.39 is 23.4 Å². The van der Waals surface area contributed by atoms with Gasteiger partial charge in [-0.15, -0.1) is 0 Å². The molecule has 1 N–H and O–H groups in total. The Kier molecular flexibility index (Phi) is 4.41. The van der Waals surface area contributed by atoms with E-state index in [9.17, 15) is 18.0 Å². The van der Waals surface area contributed by atoms with E-state index >= 15 is 0 Å². The molecule has 3 nitrogen and oxygen atoms in total. The molecule has 0 radical (unpaired) electrons. The van der Waals surface area contributed by atoms with Gasteiger partial charge >= 0.3 is 6.18 Å². The molecule has 132 valence electrons. The van der Waals surface area contributed by atoms with Gasteiger partial charge < -0.3 is 10.1 Å². The van der Waals surface area contributed by atoms with E-state index in [1.807, 2.05) is 0 Å². The molecule has 0 saturated heterocycles. The van der Waals surface area contributed by atoms with Gasteiger partial charge in [0.05, 0.1) is 11.3 Å². The molecule has 2 unspecified atom stereocenters. The largest absolute Gasteiger partial charge is 0.457 e. The minimum absolute atomic E-state index is 0.180. The molecule has 7 heteroatoms. The second-order valence-corrected chi connectivity index (χ2v) is 6.69. The summed E-state index contributed by atoms with van der Waals surface area (Å²) < 4.78 is 43.8. The van der Waals surface area contributed by atoms with E-state index in [0.29, 0.717) is 22.2 Å². The zero-order chi connectivity index (χ0) is 18.2. The van der Waals surface area contributed by atoms with Gasteiger partial charge in [-0.1, -0.05) is 18.5 Å². The molecule has 1 amide bonds. The van der Waals surface area contributed by atoms with Crippen LogP contribution >= 0.6 is 11.6 Å². The van der Waals surface area contributed by atoms with Gasteiger partial charge in [-0.3, -0.25) is 4.79 Å². The summed E-state index contributed by atoms with van der Waals surface area (Å²) in [6.07, 6.45) is -4.53. The van der Waals surface area contributed by atoms with Gasteiger partial charge in [0.15, 0.2) is 0 Å². The standard InChI is InChI=1S/C18H15ClF3NO2/c1-17(10-15(17)18(20,21)22)16(24)23-12-4-8-14(9-5-12)25-13-6-2-11(19)3-7-13/h2-9,15H,10H2,1H3,(H,23,24). The van der Waals surface area contributed by atoms with Gasteiger partial charge in [-0.2, -0.15) is 13.2 Å². The Hall–Kier alpha value is -2.21. The van der Waals surface area contributed by atoms with E-state index in [-0.39, 0.29) is 6.42 Å². The lowest BCUT2D eigenvalue weighted by atomic mass is 10.1. The van der Waals surface area contributed by atoms with Crippen molar-refractivity contribution in [3.8, 4) is 11.5 Å². The number of alkyl halides is 3. The summed E-state index contributed by atoms with van der Waals surface area (Å²) in [7, 11) is 0. The first-order chi connectivity index (χ1) is 11.7. The van der Waals surface area contributed by atoms with Gasteiger partial charge in [0.25, 0.3) is 0 Å². The predicted octanol–water partition coefficient (Wildman–Crippen LogP) is 5.66. The van der Waals surface area contributed by atoms with Crippen molar-refractivity contribution in [2.24, 2.45) is 11.3 Å². The highest BCUT2D eigenvalue weighted by atomic mass is 35.5. The maximum atomic E-state index is 12.7. The first kappa shape index (κ1) is 17.6. The molecule has 2 aromatic rings. The normalized spacial score (nSPS) is 22.4. The molecule has 0 heterocycles. The average molecular weight is 370 g/mol. The van der Waals surface area contributed by atoms with Crippen LogP contribution in [0.1, 0.15) is 13.3 Å². The molecule has 0 aromatic heterocycles. The van der Waals surface area contributed by atoms with Crippen LogP contribution in [-0.4, -0.2) is 12.1 Å². The first-order valence-electron chi connectivity index (χ1n) is 7.60. The number of anilines is 1. The fraction of sp³-hybridized carbons (Fsp3) is 0.278. The smallest absolute Gasteiger partial charge is 0.392 e. The van der Waals surface area contributed by atoms with Gasteiger partial charge in [-0.05, 0) is 55.0 Å². The zero-order valence-corrected chi connectivity index (χ0v) is 14.0. The van der Waals surface area contributed by atoms with Crippen molar-refractivity contribution in [2.75, 3.05) is 5.32 Å². The Morgan fingerprint density at radius 2 is 1.64 bits per heavy atom. The lowest BCUT2D eigenvalue weighted by Crippen LogP contribution is -2.27. The average Bonchev–Trinajstić information content (AvgIpc) is 3.26. The van der Waals surface area contributed by atoms with Crippen LogP contribution in [0.5, 0.6) is 11.5 Å². The van der Waals surface area contributed by atoms with Gasteiger partial charge in [0.1, 0.15) is 11.5 Å². The Morgan fingerprint density at radius 3 is 2.12 bits per heavy atom. The van der Waals surface area contributed by atoms with Crippen LogP contribution in [0, 0.1) is 11.3 Å². The summed E-state index contributed by atoms with van der Waals surface area (Å²) >= 11 is 5.80. The van der Waals surface area contributed by atoms with Crippen LogP contribution in [0.2, 0.25) is 5.02 Å². The zero-order valence-electron chi connectivity index (χ0n) is 13.2. The van der Waals surface area contributed by atoms with Crippen molar-refractivity contribution in [3.05, 3.63) is 53.6 Å². The topological polar surface area (TPSA) is 38.3 Å². The van der Waals surface area contributed by atoms with Crippen molar-refractivity contribution >= 4 is 23.2 Å². The molecule has 1 aliphatic carbocycles. The monoisotopic (exact) mass is 369 g/mol. The van der Waals surface area contributed by atoms with Crippen LogP contribution in [0.25, 0.3) is 0 Å². The molecule has 2 aromatic carbocycles. The number of hydrogen-bond acceptors (Lipinski definition) is 2. The summed E-state index contributed by atoms with van der Waals surface area (Å²) in [5.41, 5.74) is -0.973. The number of carbonyl (C=O) groups excluding carboxylic acids is 1. The van der Waals surface area contributed by atoms with Crippen LogP contribution in [0.4, 0.5) is 18.9 Å². The minimum atomic E-state index is -4.34. The molecule has 0 spiro atoms. The first-order valence-corrected chi connectivity index (χ1v) is 7.98. The summed E-state index contributed by atoms with van der Waals surface area (Å²) in [4.78, 5) is 12.1. The van der Waals surface area contributed by atoms with Crippen molar-refractivity contribution < 1.29 is 22.7 Å². The number of benzene rings is 2. The quantitative estimate of drug-likeness (QED) is 0.755. The summed E-state index contributed by atoms with van der Waals surface area (Å²) in [5, 5.41) is 3.13. The van der Waals surface area contributed by atoms with Crippen LogP contribution in [0.3, 0.4) is 0 Å². The summed E-state index contributed by atoms with van der Waals surface area (Å²) in [6.45, 7) is 1.33. The molecule has 1 aliphatic rings. The van der Waals surface area contributed by atoms with Gasteiger partial charge in [0.2, 0.25) is 5.91 Å². The molecule has 0 bridgehead atoms. The van der Waals surface area contributed by atoms with Crippen LogP contribution in [0.15, 0.2) is 48.5 Å². The molecule has 1 saturated carbocycles. The Labute approximate surface area is 147 Å². The van der Waals surface area contributed by atoms with E-state index in [1.54, 1.807) is 48.5 Å². The molecule has 25 heavy (non-hydrogen) atoms. The molecule has 3 rings (SSSR count). The number of ether oxygens (including phenoxy) is 1. The molecular formula is C18H15ClF3NO2. The lowest BCUT2D eigenvalue weighted by molar-refractivity contribution is -0.159. The van der Waals surface area contributed by atoms with Crippen LogP contribution in [-0.2, 0) is 4.79 Å². The van der Waals surface area contributed by atoms with E-state index in [4.69, 9.17) is 16.3 Å². The maximum absolute atomic E-state index is 12.7. The highest BCUT2D eigenvalue weighted by Crippen LogP contribution is 2.60. The Bertz CT molecular complexity index is 774. The molecular weight excluding hydrogens is 355 g/mol. The number of amides is 1. The number of hydrogen-bond donors (Lipinski definition) is 1. The SMILES string of the molecule is CC1(C(=O)Nc2ccc(Oc3ccc(Cl)cc3)cc2)CC1C(F)(F)F. The lowest BCUT2D eigenvalue weighted by Gasteiger charge is -2.14. The predicted molar refractivity (Wildman–Crippen MR) is 88.9 cm³/mol. The summed E-state index contributed by atoms with van der Waals surface area (Å²) in [6, 6.07) is 13.2. The molecule has 2 atom stereocenters. The van der Waals surface area contributed by atoms with Crippen molar-refractivity contribution in [1.82, 2.24) is 0 Å². The number of nitrogens with one attached hydrogen (secondary N) is 1. The van der Waals surface area contributed by atoms with E-state index in [1.165, 1.54) is 6.92 Å². The van der Waals surface area contributed by atoms with Gasteiger partial charge in [-0.25, -0.2) is 0 Å². The Morgan fingerprint density at radius 1 is 1.12 bits per heavy atom. The molecule has 1 fully saturated rings. The number of rotatable bonds is 4. The second-order valence-electron chi connectivity index (χ2n) is 6.25. The minimum Gasteiger partial charge on any atom is -0.457 e. The van der Waals surface area contributed by atoms with E-state index in [0.717, 1.165) is 0 Å². The highest BCUT2D eigenvalue weighted by molar-refractivity contribution is 6.30. The van der Waals surface area contributed by atoms with Crippen LogP contribution < -0.4 is 10.1 Å². The second kappa shape index (κ2) is 6.26. The van der Waals surface area contributed by atoms with Gasteiger partial charge in [0, 0.05) is 10.7 Å². The van der Waals surface area contributed by atoms with Crippen molar-refractivity contribution in [3.63, 3.8) is 0 Å². The third-order valence-corrected chi connectivity index (χ3v) is 4.56. The highest BCUT2D eigenvalue weighted by Gasteiger charge is 2.67. The third kappa shape index (κ3) is 3.90. The number of halogens is 4. The third-order valence-electron chi connectivity index (χ3n) is 4.31. The fourth-order valence-corrected chi connectivity index (χ4v) is 2.74. The van der Waals surface area contributed by atoms with Crippen molar-refractivity contribution in [1.29, 1.82) is 0 Å². The molecule has 0 aliphatic heterocycles. The van der Waals surface area contributed by atoms with E-state index in [2.05, 4.69) is 5.32 Å². The number of carbonyl (C=O) groups is 1.